The molecule has 6 nitrogen and oxygen atoms in total. The highest BCUT2D eigenvalue weighted by Gasteiger charge is 2.35. The number of piperidine rings is 1. The molecule has 0 aromatic heterocycles. The van der Waals surface area contributed by atoms with Crippen molar-refractivity contribution in [3.63, 3.8) is 0 Å². The Bertz CT molecular complexity index is 1360. The van der Waals surface area contributed by atoms with Crippen molar-refractivity contribution >= 4 is 22.6 Å². The van der Waals surface area contributed by atoms with Crippen LogP contribution in [-0.2, 0) is 9.59 Å². The summed E-state index contributed by atoms with van der Waals surface area (Å²) in [5.41, 5.74) is 1.93. The Morgan fingerprint density at radius 3 is 2.27 bits per heavy atom. The Kier molecular flexibility index (Phi) is 8.54. The second-order valence-corrected chi connectivity index (χ2v) is 11.2. The minimum atomic E-state index is -4.75. The van der Waals surface area contributed by atoms with Crippen molar-refractivity contribution in [2.45, 2.75) is 51.6 Å². The zero-order valence-electron chi connectivity index (χ0n) is 23.4. The summed E-state index contributed by atoms with van der Waals surface area (Å²) in [6.45, 7) is 6.89. The van der Waals surface area contributed by atoms with Crippen LogP contribution in [0.1, 0.15) is 50.3 Å². The van der Waals surface area contributed by atoms with Crippen LogP contribution in [-0.4, -0.2) is 71.6 Å². The van der Waals surface area contributed by atoms with Crippen LogP contribution in [0.4, 0.5) is 13.2 Å². The predicted molar refractivity (Wildman–Crippen MR) is 151 cm³/mol. The number of carbonyl (C=O) groups is 2. The van der Waals surface area contributed by atoms with Crippen LogP contribution in [0.15, 0.2) is 66.7 Å². The molecule has 5 rings (SSSR count). The fraction of sp³-hybridized carbons (Fsp3) is 0.438. The van der Waals surface area contributed by atoms with E-state index in [0.717, 1.165) is 34.7 Å². The highest BCUT2D eigenvalue weighted by Crippen LogP contribution is 2.36. The maximum atomic E-state index is 13.4. The molecule has 0 N–H and O–H groups in total. The Labute approximate surface area is 238 Å². The van der Waals surface area contributed by atoms with Gasteiger partial charge in [0, 0.05) is 52.1 Å². The number of hydrogen-bond donors (Lipinski definition) is 0. The summed E-state index contributed by atoms with van der Waals surface area (Å²) in [5.74, 6) is 0.261. The molecule has 2 heterocycles. The second-order valence-electron chi connectivity index (χ2n) is 11.2. The third kappa shape index (κ3) is 6.84. The van der Waals surface area contributed by atoms with Gasteiger partial charge in [0.05, 0.1) is 6.04 Å². The molecular weight excluding hydrogens is 531 g/mol. The van der Waals surface area contributed by atoms with Crippen LogP contribution in [0.2, 0.25) is 0 Å². The van der Waals surface area contributed by atoms with Crippen LogP contribution >= 0.6 is 0 Å². The summed E-state index contributed by atoms with van der Waals surface area (Å²) in [6.07, 6.45) is -2.57. The zero-order valence-corrected chi connectivity index (χ0v) is 23.4. The van der Waals surface area contributed by atoms with Gasteiger partial charge in [0.25, 0.3) is 0 Å². The normalized spacial score (nSPS) is 19.8. The lowest BCUT2D eigenvalue weighted by molar-refractivity contribution is -0.274. The molecule has 0 saturated carbocycles. The number of ether oxygens (including phenoxy) is 1. The first-order valence-electron chi connectivity index (χ1n) is 14.2. The number of benzene rings is 3. The topological polar surface area (TPSA) is 53.1 Å². The molecule has 3 aromatic rings. The average Bonchev–Trinajstić information content (AvgIpc) is 2.94. The Morgan fingerprint density at radius 1 is 0.927 bits per heavy atom. The average molecular weight is 568 g/mol. The number of likely N-dealkylation sites (tertiary alicyclic amines) is 1. The van der Waals surface area contributed by atoms with Gasteiger partial charge in [0.15, 0.2) is 0 Å². The van der Waals surface area contributed by atoms with Gasteiger partial charge in [-0.2, -0.15) is 0 Å². The summed E-state index contributed by atoms with van der Waals surface area (Å²) in [6, 6.07) is 20.1. The van der Waals surface area contributed by atoms with Gasteiger partial charge in [-0.1, -0.05) is 54.6 Å². The molecule has 0 aliphatic carbocycles. The summed E-state index contributed by atoms with van der Waals surface area (Å²) in [4.78, 5) is 31.1. The molecule has 2 saturated heterocycles. The van der Waals surface area contributed by atoms with Crippen LogP contribution in [0, 0.1) is 5.92 Å². The van der Waals surface area contributed by atoms with Gasteiger partial charge in [0.2, 0.25) is 11.8 Å². The Morgan fingerprint density at radius 2 is 1.61 bits per heavy atom. The largest absolute Gasteiger partial charge is 0.573 e. The molecule has 41 heavy (non-hydrogen) atoms. The number of rotatable bonds is 6. The van der Waals surface area contributed by atoms with Crippen molar-refractivity contribution in [2.24, 2.45) is 5.92 Å². The summed E-state index contributed by atoms with van der Waals surface area (Å²) in [7, 11) is 0. The summed E-state index contributed by atoms with van der Waals surface area (Å²) < 4.78 is 42.5. The van der Waals surface area contributed by atoms with Crippen molar-refractivity contribution in [1.29, 1.82) is 0 Å². The summed E-state index contributed by atoms with van der Waals surface area (Å²) >= 11 is 0. The monoisotopic (exact) mass is 567 g/mol. The molecule has 218 valence electrons. The number of amides is 2. The van der Waals surface area contributed by atoms with Gasteiger partial charge < -0.3 is 14.5 Å². The molecule has 2 aliphatic heterocycles. The second kappa shape index (κ2) is 12.1. The number of halogens is 3. The van der Waals surface area contributed by atoms with Crippen molar-refractivity contribution in [1.82, 2.24) is 14.7 Å². The van der Waals surface area contributed by atoms with E-state index in [1.807, 2.05) is 28.0 Å². The van der Waals surface area contributed by atoms with E-state index in [2.05, 4.69) is 40.8 Å². The number of piperazine rings is 1. The van der Waals surface area contributed by atoms with E-state index in [1.165, 1.54) is 12.1 Å². The number of alkyl halides is 3. The van der Waals surface area contributed by atoms with Crippen LogP contribution < -0.4 is 4.74 Å². The van der Waals surface area contributed by atoms with Gasteiger partial charge in [-0.05, 0) is 59.7 Å². The van der Waals surface area contributed by atoms with Gasteiger partial charge in [-0.15, -0.1) is 13.2 Å². The minimum Gasteiger partial charge on any atom is -0.406 e. The fourth-order valence-electron chi connectivity index (χ4n) is 6.33. The van der Waals surface area contributed by atoms with Crippen LogP contribution in [0.5, 0.6) is 5.75 Å². The van der Waals surface area contributed by atoms with E-state index in [0.29, 0.717) is 39.1 Å². The first kappa shape index (κ1) is 28.9. The van der Waals surface area contributed by atoms with Gasteiger partial charge in [-0.25, -0.2) is 0 Å². The summed E-state index contributed by atoms with van der Waals surface area (Å²) in [5, 5.41) is 2.17. The van der Waals surface area contributed by atoms with Crippen molar-refractivity contribution in [2.75, 3.05) is 32.7 Å². The Balaban J connectivity index is 1.35. The quantitative estimate of drug-likeness (QED) is 0.366. The first-order chi connectivity index (χ1) is 19.6. The van der Waals surface area contributed by atoms with E-state index < -0.39 is 6.36 Å². The maximum Gasteiger partial charge on any atom is 0.573 e. The zero-order chi connectivity index (χ0) is 29.1. The molecule has 3 aromatic carbocycles. The fourth-order valence-corrected chi connectivity index (χ4v) is 6.33. The molecule has 9 heteroatoms. The minimum absolute atomic E-state index is 0.0288. The number of carbonyl (C=O) groups excluding carboxylic acids is 2. The molecule has 0 bridgehead atoms. The highest BCUT2D eigenvalue weighted by molar-refractivity contribution is 5.86. The van der Waals surface area contributed by atoms with E-state index in [4.69, 9.17) is 0 Å². The van der Waals surface area contributed by atoms with E-state index >= 15 is 0 Å². The lowest BCUT2D eigenvalue weighted by Crippen LogP contribution is -2.55. The first-order valence-corrected chi connectivity index (χ1v) is 14.2. The standard InChI is InChI=1S/C32H36F3N3O3/c1-22-21-37(18-19-38(22)30(40)20-24-14-16-36(17-15-24)23(2)39)31(26-10-12-27(13-11-26)41-32(33,34)35)29-9-5-7-25-6-3-4-8-28(25)29/h3-13,22,24,31H,14-21H2,1-2H3. The van der Waals surface area contributed by atoms with E-state index in [9.17, 15) is 22.8 Å². The van der Waals surface area contributed by atoms with Crippen molar-refractivity contribution in [3.8, 4) is 5.75 Å². The van der Waals surface area contributed by atoms with E-state index in [-0.39, 0.29) is 35.6 Å². The van der Waals surface area contributed by atoms with Crippen LogP contribution in [0.3, 0.4) is 0 Å². The molecule has 2 amide bonds. The highest BCUT2D eigenvalue weighted by atomic mass is 19.4. The lowest BCUT2D eigenvalue weighted by Gasteiger charge is -2.44. The molecule has 2 aliphatic rings. The molecule has 2 atom stereocenters. The van der Waals surface area contributed by atoms with Crippen molar-refractivity contribution in [3.05, 3.63) is 77.9 Å². The third-order valence-corrected chi connectivity index (χ3v) is 8.41. The van der Waals surface area contributed by atoms with Gasteiger partial charge in [0.1, 0.15) is 5.75 Å². The van der Waals surface area contributed by atoms with Gasteiger partial charge >= 0.3 is 6.36 Å². The maximum absolute atomic E-state index is 13.4. The predicted octanol–water partition coefficient (Wildman–Crippen LogP) is 6.01. The van der Waals surface area contributed by atoms with Crippen LogP contribution in [0.25, 0.3) is 10.8 Å². The molecular formula is C32H36F3N3O3. The van der Waals surface area contributed by atoms with Gasteiger partial charge in [-0.3, -0.25) is 14.5 Å². The van der Waals surface area contributed by atoms with E-state index in [1.54, 1.807) is 19.1 Å². The molecule has 0 spiro atoms. The molecule has 2 fully saturated rings. The lowest BCUT2D eigenvalue weighted by atomic mass is 9.91. The molecule has 0 radical (unpaired) electrons. The number of hydrogen-bond acceptors (Lipinski definition) is 4. The molecule has 2 unspecified atom stereocenters. The SMILES string of the molecule is CC(=O)N1CCC(CC(=O)N2CCN(C(c3ccc(OC(F)(F)F)cc3)c3cccc4ccccc34)CC2C)CC1. The Hall–Kier alpha value is -3.59. The third-order valence-electron chi connectivity index (χ3n) is 8.41. The van der Waals surface area contributed by atoms with Crippen molar-refractivity contribution < 1.29 is 27.5 Å². The number of nitrogens with zero attached hydrogens (tertiary/aromatic N) is 3. The smallest absolute Gasteiger partial charge is 0.406 e. The number of fused-ring (bicyclic) bond motifs is 1.